The van der Waals surface area contributed by atoms with Crippen LogP contribution in [-0.4, -0.2) is 21.8 Å². The number of pyridine rings is 1. The summed E-state index contributed by atoms with van der Waals surface area (Å²) < 4.78 is 7.53. The van der Waals surface area contributed by atoms with Gasteiger partial charge < -0.3 is 19.5 Å². The maximum atomic E-state index is 5.71. The molecule has 3 heterocycles. The van der Waals surface area contributed by atoms with Gasteiger partial charge in [0.25, 0.3) is 0 Å². The number of nitrogens with zero attached hydrogens (tertiary/aromatic N) is 3. The van der Waals surface area contributed by atoms with Gasteiger partial charge in [0.05, 0.1) is 18.8 Å². The maximum absolute atomic E-state index is 5.71. The minimum Gasteiger partial charge on any atom is -0.497 e. The predicted molar refractivity (Wildman–Crippen MR) is 106 cm³/mol. The number of anilines is 1. The van der Waals surface area contributed by atoms with E-state index in [0.29, 0.717) is 5.11 Å². The summed E-state index contributed by atoms with van der Waals surface area (Å²) in [4.78, 5) is 6.71. The molecule has 2 unspecified atom stereocenters. The largest absolute Gasteiger partial charge is 0.497 e. The molecule has 1 N–H and O–H groups in total. The van der Waals surface area contributed by atoms with Gasteiger partial charge >= 0.3 is 0 Å². The third-order valence-electron chi connectivity index (χ3n) is 4.72. The van der Waals surface area contributed by atoms with Crippen LogP contribution in [-0.2, 0) is 7.05 Å². The Hall–Kier alpha value is -2.86. The van der Waals surface area contributed by atoms with Crippen molar-refractivity contribution in [3.05, 3.63) is 78.4 Å². The molecular formula is C20H20N4OS. The molecule has 3 aromatic rings. The number of ether oxygens (including phenoxy) is 1. The molecule has 2 atom stereocenters. The van der Waals surface area contributed by atoms with Crippen molar-refractivity contribution in [2.24, 2.45) is 7.05 Å². The van der Waals surface area contributed by atoms with Gasteiger partial charge in [-0.1, -0.05) is 12.1 Å². The van der Waals surface area contributed by atoms with Crippen LogP contribution in [0.3, 0.4) is 0 Å². The minimum atomic E-state index is -0.0384. The molecule has 1 saturated heterocycles. The molecule has 0 radical (unpaired) electrons. The average molecular weight is 364 g/mol. The molecule has 1 aromatic carbocycles. The SMILES string of the molecule is COc1cccc(N2C(=S)NC(c3ccccn3)C2c2cccn2C)c1. The van der Waals surface area contributed by atoms with Gasteiger partial charge in [0, 0.05) is 36.9 Å². The second-order valence-corrected chi connectivity index (χ2v) is 6.63. The first-order valence-electron chi connectivity index (χ1n) is 8.45. The van der Waals surface area contributed by atoms with Crippen LogP contribution in [0, 0.1) is 0 Å². The van der Waals surface area contributed by atoms with Crippen molar-refractivity contribution in [3.8, 4) is 5.75 Å². The molecular weight excluding hydrogens is 344 g/mol. The lowest BCUT2D eigenvalue weighted by atomic mass is 10.0. The minimum absolute atomic E-state index is 0.00972. The van der Waals surface area contributed by atoms with Gasteiger partial charge in [-0.3, -0.25) is 4.98 Å². The molecule has 132 valence electrons. The van der Waals surface area contributed by atoms with Gasteiger partial charge in [0.15, 0.2) is 5.11 Å². The first-order valence-corrected chi connectivity index (χ1v) is 8.86. The monoisotopic (exact) mass is 364 g/mol. The molecule has 0 spiro atoms. The molecule has 4 rings (SSSR count). The van der Waals surface area contributed by atoms with Crippen molar-refractivity contribution in [1.82, 2.24) is 14.9 Å². The number of benzene rings is 1. The second-order valence-electron chi connectivity index (χ2n) is 6.24. The molecule has 0 aliphatic carbocycles. The molecule has 1 fully saturated rings. The highest BCUT2D eigenvalue weighted by atomic mass is 32.1. The van der Waals surface area contributed by atoms with Crippen molar-refractivity contribution in [2.45, 2.75) is 12.1 Å². The summed E-state index contributed by atoms with van der Waals surface area (Å²) in [5, 5.41) is 4.14. The van der Waals surface area contributed by atoms with Crippen molar-refractivity contribution in [1.29, 1.82) is 0 Å². The standard InChI is InChI=1S/C20H20N4OS/c1-23-12-6-10-17(23)19-18(16-9-3-4-11-21-16)22-20(26)24(19)14-7-5-8-15(13-14)25-2/h3-13,18-19H,1-2H3,(H,22,26). The Kier molecular flexibility index (Phi) is 4.34. The molecule has 1 aliphatic heterocycles. The van der Waals surface area contributed by atoms with Gasteiger partial charge in [-0.05, 0) is 48.6 Å². The normalized spacial score (nSPS) is 19.5. The van der Waals surface area contributed by atoms with Crippen LogP contribution in [0.25, 0.3) is 0 Å². The predicted octanol–water partition coefficient (Wildman–Crippen LogP) is 3.61. The molecule has 1 aliphatic rings. The van der Waals surface area contributed by atoms with E-state index in [1.54, 1.807) is 7.11 Å². The summed E-state index contributed by atoms with van der Waals surface area (Å²) in [5.41, 5.74) is 3.12. The summed E-state index contributed by atoms with van der Waals surface area (Å²) in [7, 11) is 3.72. The maximum Gasteiger partial charge on any atom is 0.174 e. The Balaban J connectivity index is 1.84. The zero-order chi connectivity index (χ0) is 18.1. The highest BCUT2D eigenvalue weighted by molar-refractivity contribution is 7.80. The summed E-state index contributed by atoms with van der Waals surface area (Å²) in [5.74, 6) is 0.803. The van der Waals surface area contributed by atoms with E-state index >= 15 is 0 Å². The van der Waals surface area contributed by atoms with E-state index in [-0.39, 0.29) is 12.1 Å². The van der Waals surface area contributed by atoms with Gasteiger partial charge in [0.2, 0.25) is 0 Å². The number of methoxy groups -OCH3 is 1. The Labute approximate surface area is 158 Å². The highest BCUT2D eigenvalue weighted by Crippen LogP contribution is 2.41. The van der Waals surface area contributed by atoms with Gasteiger partial charge in [-0.2, -0.15) is 0 Å². The van der Waals surface area contributed by atoms with E-state index in [1.807, 2.05) is 48.7 Å². The molecule has 0 bridgehead atoms. The molecule has 5 nitrogen and oxygen atoms in total. The number of hydrogen-bond acceptors (Lipinski definition) is 3. The second kappa shape index (κ2) is 6.80. The Bertz CT molecular complexity index is 924. The quantitative estimate of drug-likeness (QED) is 0.717. The van der Waals surface area contributed by atoms with Crippen LogP contribution >= 0.6 is 12.2 Å². The summed E-state index contributed by atoms with van der Waals surface area (Å²) >= 11 is 5.71. The number of thiocarbonyl (C=S) groups is 1. The zero-order valence-corrected chi connectivity index (χ0v) is 15.5. The number of nitrogens with one attached hydrogen (secondary N) is 1. The smallest absolute Gasteiger partial charge is 0.174 e. The van der Waals surface area contributed by atoms with Crippen molar-refractivity contribution < 1.29 is 4.74 Å². The fraction of sp³-hybridized carbons (Fsp3) is 0.200. The lowest BCUT2D eigenvalue weighted by molar-refractivity contribution is 0.414. The third-order valence-corrected chi connectivity index (χ3v) is 5.03. The van der Waals surface area contributed by atoms with Crippen LogP contribution in [0.1, 0.15) is 23.5 Å². The summed E-state index contributed by atoms with van der Waals surface area (Å²) in [6.07, 6.45) is 3.87. The van der Waals surface area contributed by atoms with E-state index in [0.717, 1.165) is 22.8 Å². The fourth-order valence-electron chi connectivity index (χ4n) is 3.48. The van der Waals surface area contributed by atoms with Gasteiger partial charge in [-0.25, -0.2) is 0 Å². The number of rotatable bonds is 4. The van der Waals surface area contributed by atoms with E-state index in [9.17, 15) is 0 Å². The van der Waals surface area contributed by atoms with Crippen molar-refractivity contribution in [3.63, 3.8) is 0 Å². The van der Waals surface area contributed by atoms with E-state index in [2.05, 4.69) is 45.1 Å². The fourth-order valence-corrected chi connectivity index (χ4v) is 3.82. The average Bonchev–Trinajstić information content (AvgIpc) is 3.25. The van der Waals surface area contributed by atoms with Gasteiger partial charge in [0.1, 0.15) is 11.8 Å². The Morgan fingerprint density at radius 1 is 1.12 bits per heavy atom. The van der Waals surface area contributed by atoms with Crippen LogP contribution in [0.5, 0.6) is 5.75 Å². The lowest BCUT2D eigenvalue weighted by Gasteiger charge is -2.28. The van der Waals surface area contributed by atoms with Crippen molar-refractivity contribution >= 4 is 23.0 Å². The third kappa shape index (κ3) is 2.82. The van der Waals surface area contributed by atoms with E-state index < -0.39 is 0 Å². The molecule has 0 saturated carbocycles. The van der Waals surface area contributed by atoms with Crippen LogP contribution < -0.4 is 15.0 Å². The van der Waals surface area contributed by atoms with Crippen LogP contribution in [0.4, 0.5) is 5.69 Å². The molecule has 0 amide bonds. The number of aromatic nitrogens is 2. The van der Waals surface area contributed by atoms with Crippen LogP contribution in [0.15, 0.2) is 67.0 Å². The molecule has 2 aromatic heterocycles. The number of hydrogen-bond donors (Lipinski definition) is 1. The van der Waals surface area contributed by atoms with E-state index in [4.69, 9.17) is 17.0 Å². The highest BCUT2D eigenvalue weighted by Gasteiger charge is 2.41. The van der Waals surface area contributed by atoms with Gasteiger partial charge in [-0.15, -0.1) is 0 Å². The Morgan fingerprint density at radius 3 is 2.69 bits per heavy atom. The lowest BCUT2D eigenvalue weighted by Crippen LogP contribution is -2.30. The summed E-state index contributed by atoms with van der Waals surface area (Å²) in [6.45, 7) is 0. The molecule has 26 heavy (non-hydrogen) atoms. The first kappa shape index (κ1) is 16.6. The van der Waals surface area contributed by atoms with E-state index in [1.165, 1.54) is 0 Å². The Morgan fingerprint density at radius 2 is 2.00 bits per heavy atom. The van der Waals surface area contributed by atoms with Crippen LogP contribution in [0.2, 0.25) is 0 Å². The summed E-state index contributed by atoms with van der Waals surface area (Å²) in [6, 6.07) is 18.1. The zero-order valence-electron chi connectivity index (χ0n) is 14.7. The van der Waals surface area contributed by atoms with Crippen molar-refractivity contribution in [2.75, 3.05) is 12.0 Å². The number of aryl methyl sites for hydroxylation is 1. The first-order chi connectivity index (χ1) is 12.7. The molecule has 6 heteroatoms. The topological polar surface area (TPSA) is 42.3 Å².